The van der Waals surface area contributed by atoms with Gasteiger partial charge in [-0.1, -0.05) is 24.3 Å². The van der Waals surface area contributed by atoms with Gasteiger partial charge in [-0.3, -0.25) is 18.7 Å². The SMILES string of the molecule is Cn1c(=O)c2c(ncn2CC(=O)Nc2ccccc2-c2nc3ccccc3[nH]2)n(C)c1=O. The first-order chi connectivity index (χ1) is 15.4. The lowest BCUT2D eigenvalue weighted by atomic mass is 10.1. The molecule has 0 unspecified atom stereocenters. The number of aromatic amines is 1. The van der Waals surface area contributed by atoms with Crippen molar-refractivity contribution in [3.05, 3.63) is 75.7 Å². The summed E-state index contributed by atoms with van der Waals surface area (Å²) in [6.07, 6.45) is 1.39. The fourth-order valence-corrected chi connectivity index (χ4v) is 3.74. The summed E-state index contributed by atoms with van der Waals surface area (Å²) in [5.41, 5.74) is 2.49. The van der Waals surface area contributed by atoms with Crippen LogP contribution in [0.1, 0.15) is 0 Å². The van der Waals surface area contributed by atoms with Crippen molar-refractivity contribution in [2.24, 2.45) is 14.1 Å². The highest BCUT2D eigenvalue weighted by molar-refractivity contribution is 5.96. The number of hydrogen-bond acceptors (Lipinski definition) is 5. The first-order valence-electron chi connectivity index (χ1n) is 9.89. The average Bonchev–Trinajstić information content (AvgIpc) is 3.41. The molecule has 160 valence electrons. The first-order valence-corrected chi connectivity index (χ1v) is 9.89. The highest BCUT2D eigenvalue weighted by Gasteiger charge is 2.17. The molecule has 2 aromatic carbocycles. The normalized spacial score (nSPS) is 11.3. The number of H-pyrrole nitrogens is 1. The maximum atomic E-state index is 12.9. The largest absolute Gasteiger partial charge is 0.338 e. The molecule has 0 saturated heterocycles. The summed E-state index contributed by atoms with van der Waals surface area (Å²) in [5, 5.41) is 2.89. The Kier molecular flexibility index (Phi) is 4.47. The van der Waals surface area contributed by atoms with E-state index < -0.39 is 11.2 Å². The third-order valence-corrected chi connectivity index (χ3v) is 5.38. The van der Waals surface area contributed by atoms with E-state index in [1.165, 1.54) is 29.6 Å². The van der Waals surface area contributed by atoms with Crippen molar-refractivity contribution in [2.45, 2.75) is 6.54 Å². The number of aryl methyl sites for hydroxylation is 1. The number of rotatable bonds is 4. The quantitative estimate of drug-likeness (QED) is 0.450. The maximum Gasteiger partial charge on any atom is 0.332 e. The van der Waals surface area contributed by atoms with Gasteiger partial charge in [0, 0.05) is 19.7 Å². The second-order valence-corrected chi connectivity index (χ2v) is 7.45. The number of amides is 1. The Morgan fingerprint density at radius 3 is 2.59 bits per heavy atom. The summed E-state index contributed by atoms with van der Waals surface area (Å²) in [7, 11) is 2.93. The van der Waals surface area contributed by atoms with E-state index in [1.807, 2.05) is 42.5 Å². The van der Waals surface area contributed by atoms with Gasteiger partial charge in [0.25, 0.3) is 5.56 Å². The molecule has 10 heteroatoms. The van der Waals surface area contributed by atoms with Gasteiger partial charge < -0.3 is 14.9 Å². The van der Waals surface area contributed by atoms with Crippen molar-refractivity contribution in [3.63, 3.8) is 0 Å². The van der Waals surface area contributed by atoms with E-state index in [2.05, 4.69) is 20.3 Å². The second kappa shape index (κ2) is 7.34. The van der Waals surface area contributed by atoms with Gasteiger partial charge in [0.15, 0.2) is 11.2 Å². The number of nitrogens with one attached hydrogen (secondary N) is 2. The van der Waals surface area contributed by atoms with E-state index in [9.17, 15) is 14.4 Å². The van der Waals surface area contributed by atoms with Crippen molar-refractivity contribution in [1.29, 1.82) is 0 Å². The van der Waals surface area contributed by atoms with E-state index >= 15 is 0 Å². The van der Waals surface area contributed by atoms with Crippen LogP contribution in [0.15, 0.2) is 64.4 Å². The highest BCUT2D eigenvalue weighted by atomic mass is 16.2. The van der Waals surface area contributed by atoms with Gasteiger partial charge in [0.2, 0.25) is 5.91 Å². The molecule has 0 fully saturated rings. The number of carbonyl (C=O) groups excluding carboxylic acids is 1. The molecule has 0 radical (unpaired) electrons. The number of anilines is 1. The molecule has 3 heterocycles. The van der Waals surface area contributed by atoms with Crippen molar-refractivity contribution >= 4 is 33.8 Å². The zero-order valence-corrected chi connectivity index (χ0v) is 17.4. The number of fused-ring (bicyclic) bond motifs is 2. The third-order valence-electron chi connectivity index (χ3n) is 5.38. The topological polar surface area (TPSA) is 120 Å². The second-order valence-electron chi connectivity index (χ2n) is 7.45. The molecule has 0 aliphatic carbocycles. The smallest absolute Gasteiger partial charge is 0.332 e. The van der Waals surface area contributed by atoms with Crippen molar-refractivity contribution in [2.75, 3.05) is 5.32 Å². The Morgan fingerprint density at radius 1 is 1.03 bits per heavy atom. The van der Waals surface area contributed by atoms with Crippen LogP contribution in [-0.4, -0.2) is 34.6 Å². The van der Waals surface area contributed by atoms with Crippen LogP contribution in [0.25, 0.3) is 33.6 Å². The van der Waals surface area contributed by atoms with Crippen LogP contribution >= 0.6 is 0 Å². The predicted octanol–water partition coefficient (Wildman–Crippen LogP) is 1.62. The summed E-state index contributed by atoms with van der Waals surface area (Å²) in [5.74, 6) is 0.294. The lowest BCUT2D eigenvalue weighted by Crippen LogP contribution is -2.37. The van der Waals surface area contributed by atoms with Gasteiger partial charge in [-0.05, 0) is 24.3 Å². The van der Waals surface area contributed by atoms with E-state index in [4.69, 9.17) is 0 Å². The minimum atomic E-state index is -0.504. The Labute approximate surface area is 180 Å². The van der Waals surface area contributed by atoms with Gasteiger partial charge in [-0.15, -0.1) is 0 Å². The van der Waals surface area contributed by atoms with Gasteiger partial charge in [0.1, 0.15) is 12.4 Å². The molecule has 10 nitrogen and oxygen atoms in total. The molecule has 0 atom stereocenters. The minimum absolute atomic E-state index is 0.140. The van der Waals surface area contributed by atoms with Crippen LogP contribution < -0.4 is 16.6 Å². The summed E-state index contributed by atoms with van der Waals surface area (Å²) in [6, 6.07) is 15.0. The molecule has 2 N–H and O–H groups in total. The number of nitrogens with zero attached hydrogens (tertiary/aromatic N) is 5. The van der Waals surface area contributed by atoms with Crippen molar-refractivity contribution in [3.8, 4) is 11.4 Å². The standard InChI is InChI=1S/C22H19N7O3/c1-27-20-18(21(31)28(2)22(27)32)29(12-23-20)11-17(30)24-14-8-4-3-7-13(14)19-25-15-9-5-6-10-16(15)26-19/h3-10,12H,11H2,1-2H3,(H,24,30)(H,25,26). The van der Waals surface area contributed by atoms with E-state index in [0.717, 1.165) is 21.2 Å². The van der Waals surface area contributed by atoms with E-state index in [1.54, 1.807) is 6.07 Å². The fourth-order valence-electron chi connectivity index (χ4n) is 3.74. The minimum Gasteiger partial charge on any atom is -0.338 e. The van der Waals surface area contributed by atoms with Gasteiger partial charge in [-0.2, -0.15) is 0 Å². The van der Waals surface area contributed by atoms with Gasteiger partial charge in [-0.25, -0.2) is 14.8 Å². The van der Waals surface area contributed by atoms with Crippen LogP contribution in [-0.2, 0) is 25.4 Å². The molecule has 0 aliphatic heterocycles. The third kappa shape index (κ3) is 3.09. The molecular weight excluding hydrogens is 410 g/mol. The van der Waals surface area contributed by atoms with Gasteiger partial charge >= 0.3 is 5.69 Å². The monoisotopic (exact) mass is 429 g/mol. The Hall–Kier alpha value is -4.47. The number of carbonyl (C=O) groups is 1. The molecule has 0 bridgehead atoms. The zero-order chi connectivity index (χ0) is 22.4. The Morgan fingerprint density at radius 2 is 1.78 bits per heavy atom. The van der Waals surface area contributed by atoms with Gasteiger partial charge in [0.05, 0.1) is 23.0 Å². The van der Waals surface area contributed by atoms with Crippen molar-refractivity contribution in [1.82, 2.24) is 28.7 Å². The summed E-state index contributed by atoms with van der Waals surface area (Å²) in [6.45, 7) is -0.140. The molecule has 5 aromatic rings. The number of imidazole rings is 2. The fraction of sp³-hybridized carbons (Fsp3) is 0.136. The molecule has 0 saturated carbocycles. The van der Waals surface area contributed by atoms with Crippen molar-refractivity contribution < 1.29 is 4.79 Å². The van der Waals surface area contributed by atoms with E-state index in [0.29, 0.717) is 11.5 Å². The lowest BCUT2D eigenvalue weighted by molar-refractivity contribution is -0.116. The summed E-state index contributed by atoms with van der Waals surface area (Å²) in [4.78, 5) is 49.6. The highest BCUT2D eigenvalue weighted by Crippen LogP contribution is 2.27. The lowest BCUT2D eigenvalue weighted by Gasteiger charge is -2.10. The number of benzene rings is 2. The maximum absolute atomic E-state index is 12.9. The molecule has 3 aromatic heterocycles. The molecular formula is C22H19N7O3. The predicted molar refractivity (Wildman–Crippen MR) is 120 cm³/mol. The molecule has 5 rings (SSSR count). The Balaban J connectivity index is 1.47. The van der Waals surface area contributed by atoms with Crippen LogP contribution in [0.3, 0.4) is 0 Å². The molecule has 0 aliphatic rings. The molecule has 0 spiro atoms. The average molecular weight is 429 g/mol. The molecule has 32 heavy (non-hydrogen) atoms. The number of hydrogen-bond donors (Lipinski definition) is 2. The number of para-hydroxylation sites is 3. The summed E-state index contributed by atoms with van der Waals surface area (Å²) < 4.78 is 3.72. The zero-order valence-electron chi connectivity index (χ0n) is 17.4. The Bertz CT molecular complexity index is 1590. The molecule has 1 amide bonds. The van der Waals surface area contributed by atoms with Crippen LogP contribution in [0.4, 0.5) is 5.69 Å². The first kappa shape index (κ1) is 19.5. The van der Waals surface area contributed by atoms with Crippen LogP contribution in [0.2, 0.25) is 0 Å². The van der Waals surface area contributed by atoms with Crippen LogP contribution in [0.5, 0.6) is 0 Å². The number of aromatic nitrogens is 6. The van der Waals surface area contributed by atoms with E-state index in [-0.39, 0.29) is 23.6 Å². The summed E-state index contributed by atoms with van der Waals surface area (Å²) >= 11 is 0. The van der Waals surface area contributed by atoms with Crippen LogP contribution in [0, 0.1) is 0 Å².